The molecule has 2 aromatic carbocycles. The van der Waals surface area contributed by atoms with Gasteiger partial charge in [0, 0.05) is 16.1 Å². The van der Waals surface area contributed by atoms with E-state index in [0.29, 0.717) is 32.6 Å². The van der Waals surface area contributed by atoms with Crippen LogP contribution in [0.3, 0.4) is 0 Å². The van der Waals surface area contributed by atoms with Crippen molar-refractivity contribution in [3.05, 3.63) is 63.5 Å². The highest BCUT2D eigenvalue weighted by molar-refractivity contribution is 8.26. The van der Waals surface area contributed by atoms with Crippen LogP contribution in [0.5, 0.6) is 11.5 Å². The van der Waals surface area contributed by atoms with Gasteiger partial charge >= 0.3 is 0 Å². The molecule has 6 nitrogen and oxygen atoms in total. The van der Waals surface area contributed by atoms with Crippen LogP contribution in [-0.2, 0) is 4.79 Å². The summed E-state index contributed by atoms with van der Waals surface area (Å²) in [4.78, 5) is 25.5. The number of rotatable bonds is 5. The normalized spacial score (nSPS) is 15.1. The molecule has 2 amide bonds. The number of carbonyl (C=O) groups is 2. The van der Waals surface area contributed by atoms with Gasteiger partial charge in [-0.1, -0.05) is 23.4 Å². The number of methoxy groups -OCH3 is 2. The quantitative estimate of drug-likeness (QED) is 0.568. The zero-order valence-electron chi connectivity index (χ0n) is 14.9. The molecule has 144 valence electrons. The molecule has 0 atom stereocenters. The minimum atomic E-state index is -0.465. The van der Waals surface area contributed by atoms with Crippen molar-refractivity contribution < 1.29 is 19.1 Å². The van der Waals surface area contributed by atoms with Gasteiger partial charge in [0.2, 0.25) is 0 Å². The van der Waals surface area contributed by atoms with Crippen molar-refractivity contribution in [3.63, 3.8) is 0 Å². The standard InChI is InChI=1S/C19H15ClN2O4S2/c1-25-14-7-8-15(26-2)12(9-14)10-16-18(24)22(19(27)28-16)21-17(23)11-3-5-13(20)6-4-11/h3-10H,1-2H3,(H,21,23)/b16-10-. The molecule has 1 saturated heterocycles. The maximum Gasteiger partial charge on any atom is 0.285 e. The average molecular weight is 435 g/mol. The Bertz CT molecular complexity index is 976. The van der Waals surface area contributed by atoms with Gasteiger partial charge in [-0.15, -0.1) is 0 Å². The first kappa shape index (κ1) is 20.2. The Hall–Kier alpha value is -2.55. The Labute approximate surface area is 176 Å². The molecule has 0 bridgehead atoms. The summed E-state index contributed by atoms with van der Waals surface area (Å²) in [6, 6.07) is 11.6. The van der Waals surface area contributed by atoms with Crippen LogP contribution in [0.1, 0.15) is 15.9 Å². The number of hydrazine groups is 1. The Morgan fingerprint density at radius 1 is 1.18 bits per heavy atom. The van der Waals surface area contributed by atoms with Gasteiger partial charge in [0.25, 0.3) is 11.8 Å². The summed E-state index contributed by atoms with van der Waals surface area (Å²) in [5.74, 6) is 0.310. The molecular weight excluding hydrogens is 420 g/mol. The number of hydrogen-bond donors (Lipinski definition) is 1. The van der Waals surface area contributed by atoms with E-state index in [1.807, 2.05) is 0 Å². The van der Waals surface area contributed by atoms with Gasteiger partial charge in [-0.2, -0.15) is 5.01 Å². The molecule has 9 heteroatoms. The van der Waals surface area contributed by atoms with Crippen LogP contribution in [0, 0.1) is 0 Å². The third kappa shape index (κ3) is 4.30. The molecule has 0 aromatic heterocycles. The van der Waals surface area contributed by atoms with Crippen molar-refractivity contribution >= 4 is 57.8 Å². The van der Waals surface area contributed by atoms with Crippen LogP contribution in [0.2, 0.25) is 5.02 Å². The van der Waals surface area contributed by atoms with Crippen molar-refractivity contribution in [1.29, 1.82) is 0 Å². The summed E-state index contributed by atoms with van der Waals surface area (Å²) in [6.45, 7) is 0. The number of amides is 2. The van der Waals surface area contributed by atoms with Crippen LogP contribution in [0.25, 0.3) is 6.08 Å². The van der Waals surface area contributed by atoms with Gasteiger partial charge in [-0.25, -0.2) is 0 Å². The van der Waals surface area contributed by atoms with Gasteiger partial charge in [-0.05, 0) is 60.8 Å². The number of ether oxygens (including phenoxy) is 2. The largest absolute Gasteiger partial charge is 0.497 e. The van der Waals surface area contributed by atoms with Gasteiger partial charge < -0.3 is 9.47 Å². The summed E-state index contributed by atoms with van der Waals surface area (Å²) in [5.41, 5.74) is 3.54. The monoisotopic (exact) mass is 434 g/mol. The lowest BCUT2D eigenvalue weighted by atomic mass is 10.1. The number of halogens is 1. The molecule has 0 saturated carbocycles. The van der Waals surface area contributed by atoms with Crippen molar-refractivity contribution in [2.45, 2.75) is 0 Å². The maximum absolute atomic E-state index is 12.7. The van der Waals surface area contributed by atoms with Crippen molar-refractivity contribution in [2.24, 2.45) is 0 Å². The maximum atomic E-state index is 12.7. The van der Waals surface area contributed by atoms with Crippen molar-refractivity contribution in [2.75, 3.05) is 14.2 Å². The van der Waals surface area contributed by atoms with Crippen molar-refractivity contribution in [1.82, 2.24) is 10.4 Å². The van der Waals surface area contributed by atoms with Crippen molar-refractivity contribution in [3.8, 4) is 11.5 Å². The number of nitrogens with one attached hydrogen (secondary N) is 1. The summed E-state index contributed by atoms with van der Waals surface area (Å²) in [7, 11) is 3.09. The van der Waals surface area contributed by atoms with E-state index in [9.17, 15) is 9.59 Å². The molecule has 0 unspecified atom stereocenters. The summed E-state index contributed by atoms with van der Waals surface area (Å²) < 4.78 is 10.8. The van der Waals surface area contributed by atoms with Crippen LogP contribution in [0.4, 0.5) is 0 Å². The Balaban J connectivity index is 1.82. The Morgan fingerprint density at radius 3 is 2.54 bits per heavy atom. The van der Waals surface area contributed by atoms with Gasteiger partial charge in [0.1, 0.15) is 11.5 Å². The number of benzene rings is 2. The van der Waals surface area contributed by atoms with Gasteiger partial charge in [0.15, 0.2) is 4.32 Å². The smallest absolute Gasteiger partial charge is 0.285 e. The summed E-state index contributed by atoms with van der Waals surface area (Å²) in [5, 5.41) is 1.56. The Morgan fingerprint density at radius 2 is 1.89 bits per heavy atom. The van der Waals surface area contributed by atoms with Crippen LogP contribution >= 0.6 is 35.6 Å². The van der Waals surface area contributed by atoms with E-state index in [1.54, 1.807) is 55.7 Å². The molecule has 0 radical (unpaired) electrons. The van der Waals surface area contributed by atoms with E-state index in [1.165, 1.54) is 7.11 Å². The van der Waals surface area contributed by atoms with E-state index in [2.05, 4.69) is 5.43 Å². The first-order valence-electron chi connectivity index (χ1n) is 7.99. The second kappa shape index (κ2) is 8.64. The van der Waals surface area contributed by atoms with Gasteiger partial charge in [-0.3, -0.25) is 15.0 Å². The molecular formula is C19H15ClN2O4S2. The predicted octanol–water partition coefficient (Wildman–Crippen LogP) is 3.90. The zero-order chi connectivity index (χ0) is 20.3. The summed E-state index contributed by atoms with van der Waals surface area (Å²) in [6.07, 6.45) is 1.65. The third-order valence-corrected chi connectivity index (χ3v) is 5.39. The minimum Gasteiger partial charge on any atom is -0.497 e. The molecule has 1 heterocycles. The van der Waals surface area contributed by atoms with Gasteiger partial charge in [0.05, 0.1) is 19.1 Å². The number of nitrogens with zero attached hydrogens (tertiary/aromatic N) is 1. The second-order valence-electron chi connectivity index (χ2n) is 5.57. The number of hydrogen-bond acceptors (Lipinski definition) is 6. The van der Waals surface area contributed by atoms with Crippen LogP contribution < -0.4 is 14.9 Å². The Kier molecular flexibility index (Phi) is 6.23. The lowest BCUT2D eigenvalue weighted by Crippen LogP contribution is -2.44. The molecule has 0 aliphatic carbocycles. The fourth-order valence-corrected chi connectivity index (χ4v) is 3.72. The average Bonchev–Trinajstić information content (AvgIpc) is 2.95. The highest BCUT2D eigenvalue weighted by atomic mass is 35.5. The minimum absolute atomic E-state index is 0.223. The first-order chi connectivity index (χ1) is 13.4. The molecule has 1 fully saturated rings. The highest BCUT2D eigenvalue weighted by Gasteiger charge is 2.34. The lowest BCUT2D eigenvalue weighted by Gasteiger charge is -2.15. The lowest BCUT2D eigenvalue weighted by molar-refractivity contribution is -0.123. The van der Waals surface area contributed by atoms with E-state index in [-0.39, 0.29) is 4.32 Å². The predicted molar refractivity (Wildman–Crippen MR) is 113 cm³/mol. The molecule has 28 heavy (non-hydrogen) atoms. The van der Waals surface area contributed by atoms with Crippen LogP contribution in [0.15, 0.2) is 47.4 Å². The number of carbonyl (C=O) groups excluding carboxylic acids is 2. The highest BCUT2D eigenvalue weighted by Crippen LogP contribution is 2.34. The van der Waals surface area contributed by atoms with Crippen LogP contribution in [-0.4, -0.2) is 35.4 Å². The van der Waals surface area contributed by atoms with E-state index in [0.717, 1.165) is 16.8 Å². The molecule has 1 N–H and O–H groups in total. The molecule has 0 spiro atoms. The summed E-state index contributed by atoms with van der Waals surface area (Å²) >= 11 is 12.2. The fourth-order valence-electron chi connectivity index (χ4n) is 2.42. The fraction of sp³-hybridized carbons (Fsp3) is 0.105. The number of thiocarbonyl (C=S) groups is 1. The van der Waals surface area contributed by atoms with E-state index in [4.69, 9.17) is 33.3 Å². The molecule has 1 aliphatic heterocycles. The first-order valence-corrected chi connectivity index (χ1v) is 9.59. The molecule has 2 aromatic rings. The van der Waals surface area contributed by atoms with E-state index >= 15 is 0 Å². The second-order valence-corrected chi connectivity index (χ2v) is 7.69. The number of thioether (sulfide) groups is 1. The topological polar surface area (TPSA) is 67.9 Å². The SMILES string of the molecule is COc1ccc(OC)c(/C=C2\SC(=S)N(NC(=O)c3ccc(Cl)cc3)C2=O)c1. The molecule has 1 aliphatic rings. The molecule has 3 rings (SSSR count). The van der Waals surface area contributed by atoms with E-state index < -0.39 is 11.8 Å². The third-order valence-electron chi connectivity index (χ3n) is 3.84. The zero-order valence-corrected chi connectivity index (χ0v) is 17.3.